The zero-order chi connectivity index (χ0) is 21.9. The number of carbonyl (C=O) groups is 1. The average molecular weight is 424 g/mol. The largest absolute Gasteiger partial charge is 0.353 e. The van der Waals surface area contributed by atoms with Gasteiger partial charge >= 0.3 is 0 Å². The molecule has 0 saturated carbocycles. The Morgan fingerprint density at radius 2 is 1.38 bits per heavy atom. The molecule has 6 nitrogen and oxygen atoms in total. The fraction of sp³-hybridized carbons (Fsp3) is 0.192. The van der Waals surface area contributed by atoms with Crippen LogP contribution in [-0.4, -0.2) is 51.5 Å². The van der Waals surface area contributed by atoms with Gasteiger partial charge in [-0.15, -0.1) is 0 Å². The molecule has 4 aromatic rings. The maximum Gasteiger partial charge on any atom is 0.253 e. The van der Waals surface area contributed by atoms with Gasteiger partial charge in [0.25, 0.3) is 5.91 Å². The molecule has 0 bridgehead atoms. The Bertz CT molecular complexity index is 1190. The Labute approximate surface area is 187 Å². The third kappa shape index (κ3) is 4.12. The number of amides is 1. The van der Waals surface area contributed by atoms with Gasteiger partial charge in [-0.25, -0.2) is 9.97 Å². The highest BCUT2D eigenvalue weighted by Gasteiger charge is 2.23. The van der Waals surface area contributed by atoms with Crippen molar-refractivity contribution in [1.82, 2.24) is 19.4 Å². The van der Waals surface area contributed by atoms with Crippen LogP contribution >= 0.6 is 0 Å². The zero-order valence-electron chi connectivity index (χ0n) is 18.1. The monoisotopic (exact) mass is 423 g/mol. The molecule has 5 rings (SSSR count). The predicted molar refractivity (Wildman–Crippen MR) is 126 cm³/mol. The van der Waals surface area contributed by atoms with Crippen molar-refractivity contribution < 1.29 is 4.79 Å². The van der Waals surface area contributed by atoms with Gasteiger partial charge < -0.3 is 14.4 Å². The zero-order valence-corrected chi connectivity index (χ0v) is 18.1. The van der Waals surface area contributed by atoms with Gasteiger partial charge in [-0.1, -0.05) is 42.5 Å². The maximum atomic E-state index is 13.0. The minimum atomic E-state index is 0.0798. The second kappa shape index (κ2) is 8.67. The van der Waals surface area contributed by atoms with Crippen LogP contribution < -0.4 is 4.90 Å². The first kappa shape index (κ1) is 20.0. The molecular weight excluding hydrogens is 398 g/mol. The fourth-order valence-corrected chi connectivity index (χ4v) is 4.08. The molecule has 0 spiro atoms. The molecule has 0 unspecified atom stereocenters. The Balaban J connectivity index is 1.25. The fourth-order valence-electron chi connectivity index (χ4n) is 4.08. The van der Waals surface area contributed by atoms with E-state index in [0.717, 1.165) is 47.2 Å². The number of rotatable bonds is 4. The number of carbonyl (C=O) groups excluding carboxylic acids is 1. The van der Waals surface area contributed by atoms with Gasteiger partial charge in [0, 0.05) is 50.2 Å². The molecule has 6 heteroatoms. The SMILES string of the molecule is Cc1nc(N2CCN(C(=O)c3ccc(-c4ccccc4)cc3)CC2)cc(-n2cccc2)n1. The molecule has 1 aliphatic heterocycles. The van der Waals surface area contributed by atoms with Crippen molar-refractivity contribution in [3.63, 3.8) is 0 Å². The van der Waals surface area contributed by atoms with Crippen molar-refractivity contribution in [2.45, 2.75) is 6.92 Å². The summed E-state index contributed by atoms with van der Waals surface area (Å²) in [5.74, 6) is 2.58. The van der Waals surface area contributed by atoms with E-state index in [0.29, 0.717) is 13.1 Å². The Morgan fingerprint density at radius 3 is 2.06 bits per heavy atom. The highest BCUT2D eigenvalue weighted by Crippen LogP contribution is 2.21. The first-order chi connectivity index (χ1) is 15.7. The van der Waals surface area contributed by atoms with Crippen LogP contribution in [-0.2, 0) is 0 Å². The summed E-state index contributed by atoms with van der Waals surface area (Å²) in [5, 5.41) is 0. The van der Waals surface area contributed by atoms with Crippen LogP contribution in [0.2, 0.25) is 0 Å². The first-order valence-corrected chi connectivity index (χ1v) is 10.9. The summed E-state index contributed by atoms with van der Waals surface area (Å²) in [4.78, 5) is 26.4. The van der Waals surface area contributed by atoms with Gasteiger partial charge in [-0.05, 0) is 42.3 Å². The van der Waals surface area contributed by atoms with Crippen molar-refractivity contribution in [3.8, 4) is 16.9 Å². The minimum absolute atomic E-state index is 0.0798. The molecule has 2 aromatic heterocycles. The van der Waals surface area contributed by atoms with Gasteiger partial charge in [0.15, 0.2) is 0 Å². The third-order valence-corrected chi connectivity index (χ3v) is 5.81. The standard InChI is InChI=1S/C26H25N5O/c1-20-27-24(29-13-5-6-14-29)19-25(28-20)30-15-17-31(18-16-30)26(32)23-11-9-22(10-12-23)21-7-3-2-4-8-21/h2-14,19H,15-18H2,1H3. The number of benzene rings is 2. The van der Waals surface area contributed by atoms with Crippen molar-refractivity contribution in [3.05, 3.63) is 96.6 Å². The molecule has 1 fully saturated rings. The molecule has 0 atom stereocenters. The number of hydrogen-bond donors (Lipinski definition) is 0. The molecule has 1 amide bonds. The van der Waals surface area contributed by atoms with Crippen LogP contribution in [0.15, 0.2) is 85.2 Å². The average Bonchev–Trinajstić information content (AvgIpc) is 3.39. The number of hydrogen-bond acceptors (Lipinski definition) is 4. The summed E-state index contributed by atoms with van der Waals surface area (Å²) in [5.41, 5.74) is 3.00. The van der Waals surface area contributed by atoms with Crippen molar-refractivity contribution in [2.24, 2.45) is 0 Å². The number of anilines is 1. The summed E-state index contributed by atoms with van der Waals surface area (Å²) >= 11 is 0. The lowest BCUT2D eigenvalue weighted by Crippen LogP contribution is -2.49. The van der Waals surface area contributed by atoms with Gasteiger partial charge in [-0.3, -0.25) is 4.79 Å². The topological polar surface area (TPSA) is 54.3 Å². The van der Waals surface area contributed by atoms with Crippen molar-refractivity contribution in [1.29, 1.82) is 0 Å². The summed E-state index contributed by atoms with van der Waals surface area (Å²) in [6.45, 7) is 4.74. The maximum absolute atomic E-state index is 13.0. The van der Waals surface area contributed by atoms with Crippen LogP contribution in [0, 0.1) is 6.92 Å². The van der Waals surface area contributed by atoms with E-state index < -0.39 is 0 Å². The van der Waals surface area contributed by atoms with Crippen LogP contribution in [0.3, 0.4) is 0 Å². The van der Waals surface area contributed by atoms with E-state index in [9.17, 15) is 4.79 Å². The lowest BCUT2D eigenvalue weighted by Gasteiger charge is -2.35. The molecule has 2 aromatic carbocycles. The lowest BCUT2D eigenvalue weighted by atomic mass is 10.0. The normalized spacial score (nSPS) is 13.9. The molecule has 160 valence electrons. The van der Waals surface area contributed by atoms with Gasteiger partial charge in [-0.2, -0.15) is 0 Å². The van der Waals surface area contributed by atoms with Crippen molar-refractivity contribution in [2.75, 3.05) is 31.1 Å². The predicted octanol–water partition coefficient (Wildman–Crippen LogP) is 4.21. The third-order valence-electron chi connectivity index (χ3n) is 5.81. The summed E-state index contributed by atoms with van der Waals surface area (Å²) in [6, 6.07) is 24.1. The van der Waals surface area contributed by atoms with E-state index in [-0.39, 0.29) is 5.91 Å². The Kier molecular flexibility index (Phi) is 5.42. The number of aromatic nitrogens is 3. The van der Waals surface area contributed by atoms with Gasteiger partial charge in [0.1, 0.15) is 17.5 Å². The minimum Gasteiger partial charge on any atom is -0.353 e. The highest BCUT2D eigenvalue weighted by molar-refractivity contribution is 5.95. The second-order valence-electron chi connectivity index (χ2n) is 7.94. The molecule has 0 aliphatic carbocycles. The number of nitrogens with zero attached hydrogens (tertiary/aromatic N) is 5. The van der Waals surface area contributed by atoms with Crippen LogP contribution in [0.5, 0.6) is 0 Å². The van der Waals surface area contributed by atoms with E-state index in [2.05, 4.69) is 27.0 Å². The van der Waals surface area contributed by atoms with Crippen LogP contribution in [0.4, 0.5) is 5.82 Å². The molecule has 1 aliphatic rings. The van der Waals surface area contributed by atoms with Crippen LogP contribution in [0.1, 0.15) is 16.2 Å². The molecule has 1 saturated heterocycles. The van der Waals surface area contributed by atoms with E-state index in [4.69, 9.17) is 0 Å². The van der Waals surface area contributed by atoms with E-state index in [1.165, 1.54) is 0 Å². The van der Waals surface area contributed by atoms with E-state index in [1.807, 2.05) is 89.4 Å². The quantitative estimate of drug-likeness (QED) is 0.494. The first-order valence-electron chi connectivity index (χ1n) is 10.9. The van der Waals surface area contributed by atoms with E-state index in [1.54, 1.807) is 0 Å². The molecule has 3 heterocycles. The molecular formula is C26H25N5O. The lowest BCUT2D eigenvalue weighted by molar-refractivity contribution is 0.0746. The molecule has 0 N–H and O–H groups in total. The second-order valence-corrected chi connectivity index (χ2v) is 7.94. The number of aryl methyl sites for hydroxylation is 1. The summed E-state index contributed by atoms with van der Waals surface area (Å²) in [7, 11) is 0. The smallest absolute Gasteiger partial charge is 0.253 e. The molecule has 32 heavy (non-hydrogen) atoms. The van der Waals surface area contributed by atoms with Crippen LogP contribution in [0.25, 0.3) is 16.9 Å². The Morgan fingerprint density at radius 1 is 0.750 bits per heavy atom. The van der Waals surface area contributed by atoms with Gasteiger partial charge in [0.2, 0.25) is 0 Å². The molecule has 0 radical (unpaired) electrons. The number of piperazine rings is 1. The summed E-state index contributed by atoms with van der Waals surface area (Å²) < 4.78 is 1.98. The van der Waals surface area contributed by atoms with Crippen molar-refractivity contribution >= 4 is 11.7 Å². The highest BCUT2D eigenvalue weighted by atomic mass is 16.2. The Hall–Kier alpha value is -3.93. The van der Waals surface area contributed by atoms with E-state index >= 15 is 0 Å². The summed E-state index contributed by atoms with van der Waals surface area (Å²) in [6.07, 6.45) is 3.95. The van der Waals surface area contributed by atoms with Gasteiger partial charge in [0.05, 0.1) is 0 Å².